The Kier molecular flexibility index (Phi) is 4.54. The molecule has 0 aliphatic carbocycles. The predicted molar refractivity (Wildman–Crippen MR) is 81.9 cm³/mol. The Balaban J connectivity index is 2.34. The molecule has 2 aromatic rings. The highest BCUT2D eigenvalue weighted by Crippen LogP contribution is 2.33. The van der Waals surface area contributed by atoms with Crippen LogP contribution in [0.4, 0.5) is 0 Å². The molecule has 96 valence electrons. The van der Waals surface area contributed by atoms with E-state index in [1.807, 2.05) is 18.2 Å². The molecule has 2 rings (SSSR count). The summed E-state index contributed by atoms with van der Waals surface area (Å²) in [5.41, 5.74) is 8.01. The van der Waals surface area contributed by atoms with Crippen molar-refractivity contribution in [3.05, 3.63) is 39.1 Å². The van der Waals surface area contributed by atoms with Gasteiger partial charge in [-0.15, -0.1) is 11.3 Å². The predicted octanol–water partition coefficient (Wildman–Crippen LogP) is 4.27. The lowest BCUT2D eigenvalue weighted by molar-refractivity contribution is 0.504. The van der Waals surface area contributed by atoms with Gasteiger partial charge in [-0.1, -0.05) is 48.0 Å². The molecule has 0 spiro atoms. The van der Waals surface area contributed by atoms with Crippen molar-refractivity contribution in [2.75, 3.05) is 6.54 Å². The van der Waals surface area contributed by atoms with Gasteiger partial charge < -0.3 is 5.73 Å². The average Bonchev–Trinajstić information content (AvgIpc) is 2.79. The number of hydrogen-bond acceptors (Lipinski definition) is 3. The lowest BCUT2D eigenvalue weighted by atomic mass is 9.97. The van der Waals surface area contributed by atoms with E-state index in [1.54, 1.807) is 11.3 Å². The van der Waals surface area contributed by atoms with E-state index < -0.39 is 0 Å². The van der Waals surface area contributed by atoms with Crippen molar-refractivity contribution in [3.8, 4) is 11.3 Å². The molecule has 4 heteroatoms. The molecule has 0 fully saturated rings. The molecule has 0 saturated heterocycles. The third-order valence-corrected chi connectivity index (χ3v) is 4.72. The summed E-state index contributed by atoms with van der Waals surface area (Å²) < 4.78 is 1.08. The van der Waals surface area contributed by atoms with Crippen molar-refractivity contribution >= 4 is 27.3 Å². The standard InChI is InChI=1S/C14H17BrN2S/c1-9(2)11(7-16)14-17-13(8-18-14)10-5-3-4-6-12(10)15/h3-6,8-9,11H,7,16H2,1-2H3. The van der Waals surface area contributed by atoms with Gasteiger partial charge in [0.2, 0.25) is 0 Å². The third-order valence-electron chi connectivity index (χ3n) is 3.05. The van der Waals surface area contributed by atoms with Crippen molar-refractivity contribution in [1.29, 1.82) is 0 Å². The number of rotatable bonds is 4. The molecule has 0 bridgehead atoms. The maximum atomic E-state index is 5.84. The van der Waals surface area contributed by atoms with E-state index in [2.05, 4.69) is 41.2 Å². The van der Waals surface area contributed by atoms with Gasteiger partial charge in [0, 0.05) is 27.9 Å². The molecule has 1 aromatic carbocycles. The largest absolute Gasteiger partial charge is 0.330 e. The molecule has 2 nitrogen and oxygen atoms in total. The van der Waals surface area contributed by atoms with Crippen molar-refractivity contribution in [3.63, 3.8) is 0 Å². The monoisotopic (exact) mass is 324 g/mol. The second-order valence-electron chi connectivity index (χ2n) is 4.64. The van der Waals surface area contributed by atoms with Gasteiger partial charge in [0.1, 0.15) is 0 Å². The Morgan fingerprint density at radius 3 is 2.67 bits per heavy atom. The summed E-state index contributed by atoms with van der Waals surface area (Å²) in [7, 11) is 0. The molecule has 1 atom stereocenters. The minimum Gasteiger partial charge on any atom is -0.330 e. The molecule has 2 N–H and O–H groups in total. The minimum absolute atomic E-state index is 0.353. The van der Waals surface area contributed by atoms with Crippen LogP contribution in [0.25, 0.3) is 11.3 Å². The minimum atomic E-state index is 0.353. The first-order valence-corrected chi connectivity index (χ1v) is 7.71. The molecular formula is C14H17BrN2S. The number of hydrogen-bond donors (Lipinski definition) is 1. The molecule has 1 unspecified atom stereocenters. The fourth-order valence-corrected chi connectivity index (χ4v) is 3.50. The second kappa shape index (κ2) is 5.95. The highest BCUT2D eigenvalue weighted by atomic mass is 79.9. The highest BCUT2D eigenvalue weighted by Gasteiger charge is 2.18. The SMILES string of the molecule is CC(C)C(CN)c1nc(-c2ccccc2Br)cs1. The molecule has 0 aliphatic rings. The van der Waals surface area contributed by atoms with Gasteiger partial charge in [0.25, 0.3) is 0 Å². The highest BCUT2D eigenvalue weighted by molar-refractivity contribution is 9.10. The fraction of sp³-hybridized carbons (Fsp3) is 0.357. The van der Waals surface area contributed by atoms with Gasteiger partial charge in [0.15, 0.2) is 0 Å². The average molecular weight is 325 g/mol. The zero-order chi connectivity index (χ0) is 13.1. The number of benzene rings is 1. The van der Waals surface area contributed by atoms with E-state index in [1.165, 1.54) is 0 Å². The van der Waals surface area contributed by atoms with Crippen LogP contribution in [0.15, 0.2) is 34.1 Å². The zero-order valence-corrected chi connectivity index (χ0v) is 13.0. The van der Waals surface area contributed by atoms with Crippen LogP contribution in [-0.4, -0.2) is 11.5 Å². The maximum absolute atomic E-state index is 5.84. The number of nitrogens with two attached hydrogens (primary N) is 1. The van der Waals surface area contributed by atoms with E-state index in [-0.39, 0.29) is 0 Å². The van der Waals surface area contributed by atoms with Gasteiger partial charge in [0.05, 0.1) is 10.7 Å². The summed E-state index contributed by atoms with van der Waals surface area (Å²) in [6.45, 7) is 5.04. The van der Waals surface area contributed by atoms with Gasteiger partial charge in [-0.3, -0.25) is 0 Å². The van der Waals surface area contributed by atoms with E-state index in [4.69, 9.17) is 10.7 Å². The van der Waals surface area contributed by atoms with E-state index >= 15 is 0 Å². The quantitative estimate of drug-likeness (QED) is 0.912. The Morgan fingerprint density at radius 2 is 2.06 bits per heavy atom. The third kappa shape index (κ3) is 2.82. The van der Waals surface area contributed by atoms with Crippen molar-refractivity contribution in [2.24, 2.45) is 11.7 Å². The zero-order valence-electron chi connectivity index (χ0n) is 10.6. The summed E-state index contributed by atoms with van der Waals surface area (Å²) >= 11 is 5.27. The number of thiazole rings is 1. The van der Waals surface area contributed by atoms with Crippen LogP contribution >= 0.6 is 27.3 Å². The fourth-order valence-electron chi connectivity index (χ4n) is 1.91. The molecule has 18 heavy (non-hydrogen) atoms. The molecule has 1 heterocycles. The second-order valence-corrected chi connectivity index (χ2v) is 6.38. The van der Waals surface area contributed by atoms with Crippen LogP contribution in [0, 0.1) is 5.92 Å². The van der Waals surface area contributed by atoms with Crippen molar-refractivity contribution in [1.82, 2.24) is 4.98 Å². The summed E-state index contributed by atoms with van der Waals surface area (Å²) in [4.78, 5) is 4.74. The van der Waals surface area contributed by atoms with Gasteiger partial charge >= 0.3 is 0 Å². The smallest absolute Gasteiger partial charge is 0.0978 e. The number of nitrogens with zero attached hydrogens (tertiary/aromatic N) is 1. The summed E-state index contributed by atoms with van der Waals surface area (Å²) in [6, 6.07) is 8.16. The summed E-state index contributed by atoms with van der Waals surface area (Å²) in [5, 5.41) is 3.25. The van der Waals surface area contributed by atoms with Gasteiger partial charge in [-0.25, -0.2) is 4.98 Å². The van der Waals surface area contributed by atoms with Gasteiger partial charge in [-0.2, -0.15) is 0 Å². The van der Waals surface area contributed by atoms with E-state index in [0.717, 1.165) is 20.7 Å². The lowest BCUT2D eigenvalue weighted by Crippen LogP contribution is -2.17. The van der Waals surface area contributed by atoms with Crippen LogP contribution in [-0.2, 0) is 0 Å². The number of halogens is 1. The number of aromatic nitrogens is 1. The molecule has 0 radical (unpaired) electrons. The molecule has 0 amide bonds. The van der Waals surface area contributed by atoms with Gasteiger partial charge in [-0.05, 0) is 12.0 Å². The van der Waals surface area contributed by atoms with Crippen LogP contribution in [0.1, 0.15) is 24.8 Å². The van der Waals surface area contributed by atoms with Crippen LogP contribution in [0.5, 0.6) is 0 Å². The normalized spacial score (nSPS) is 12.9. The first-order valence-electron chi connectivity index (χ1n) is 6.04. The Morgan fingerprint density at radius 1 is 1.33 bits per heavy atom. The van der Waals surface area contributed by atoms with Crippen molar-refractivity contribution in [2.45, 2.75) is 19.8 Å². The molecule has 0 aliphatic heterocycles. The molecule has 0 saturated carbocycles. The molecule has 1 aromatic heterocycles. The van der Waals surface area contributed by atoms with Crippen molar-refractivity contribution < 1.29 is 0 Å². The van der Waals surface area contributed by atoms with E-state index in [9.17, 15) is 0 Å². The first-order chi connectivity index (χ1) is 8.63. The summed E-state index contributed by atoms with van der Waals surface area (Å²) in [6.07, 6.45) is 0. The Hall–Kier alpha value is -0.710. The Bertz CT molecular complexity index is 522. The lowest BCUT2D eigenvalue weighted by Gasteiger charge is -2.15. The van der Waals surface area contributed by atoms with Crippen LogP contribution in [0.3, 0.4) is 0 Å². The van der Waals surface area contributed by atoms with Crippen LogP contribution in [0.2, 0.25) is 0 Å². The molecular weight excluding hydrogens is 308 g/mol. The van der Waals surface area contributed by atoms with E-state index in [0.29, 0.717) is 18.4 Å². The summed E-state index contributed by atoms with van der Waals surface area (Å²) in [5.74, 6) is 0.874. The topological polar surface area (TPSA) is 38.9 Å². The van der Waals surface area contributed by atoms with Crippen LogP contribution < -0.4 is 5.73 Å². The Labute approximate surface area is 120 Å². The maximum Gasteiger partial charge on any atom is 0.0978 e. The first kappa shape index (κ1) is 13.7.